The maximum atomic E-state index is 12.4. The summed E-state index contributed by atoms with van der Waals surface area (Å²) >= 11 is 0. The van der Waals surface area contributed by atoms with Crippen molar-refractivity contribution in [3.63, 3.8) is 0 Å². The molecule has 17 heavy (non-hydrogen) atoms. The van der Waals surface area contributed by atoms with Crippen molar-refractivity contribution in [1.82, 2.24) is 0 Å². The molecule has 1 aliphatic rings. The summed E-state index contributed by atoms with van der Waals surface area (Å²) < 4.78 is 23.3. The van der Waals surface area contributed by atoms with Gasteiger partial charge >= 0.3 is 7.60 Å². The molecule has 2 rings (SSSR count). The Morgan fingerprint density at radius 3 is 2.35 bits per heavy atom. The van der Waals surface area contributed by atoms with Gasteiger partial charge in [0.25, 0.3) is 0 Å². The summed E-state index contributed by atoms with van der Waals surface area (Å²) in [4.78, 5) is 0. The Hall–Kier alpha value is -0.790. The molecule has 1 unspecified atom stereocenters. The quantitative estimate of drug-likeness (QED) is 0.636. The first-order valence-corrected chi connectivity index (χ1v) is 7.49. The second kappa shape index (κ2) is 5.24. The second-order valence-corrected chi connectivity index (χ2v) is 7.42. The predicted molar refractivity (Wildman–Crippen MR) is 70.6 cm³/mol. The van der Waals surface area contributed by atoms with Crippen LogP contribution in [0.15, 0.2) is 24.3 Å². The van der Waals surface area contributed by atoms with Crippen molar-refractivity contribution in [2.45, 2.75) is 46.4 Å². The molecule has 3 nitrogen and oxygen atoms in total. The maximum Gasteiger partial charge on any atom is 0.384 e. The van der Waals surface area contributed by atoms with E-state index in [0.29, 0.717) is 12.4 Å². The fourth-order valence-corrected chi connectivity index (χ4v) is 2.81. The molecule has 1 aliphatic heterocycles. The summed E-state index contributed by atoms with van der Waals surface area (Å²) in [5, 5.41) is -0.486. The number of para-hydroxylation sites is 1. The van der Waals surface area contributed by atoms with Crippen molar-refractivity contribution in [2.75, 3.05) is 0 Å². The third-order valence-corrected chi connectivity index (χ3v) is 4.95. The molecule has 1 aromatic carbocycles. The SMILES string of the molecule is CC.CC(C)(C)P1(=O)OCc2ccccc2O1. The van der Waals surface area contributed by atoms with Crippen LogP contribution < -0.4 is 4.52 Å². The Labute approximate surface area is 104 Å². The van der Waals surface area contributed by atoms with Crippen molar-refractivity contribution in [3.8, 4) is 5.75 Å². The van der Waals surface area contributed by atoms with E-state index in [1.807, 2.05) is 58.9 Å². The van der Waals surface area contributed by atoms with Gasteiger partial charge in [-0.05, 0) is 26.8 Å². The van der Waals surface area contributed by atoms with Crippen molar-refractivity contribution >= 4 is 7.60 Å². The van der Waals surface area contributed by atoms with E-state index in [1.165, 1.54) is 0 Å². The van der Waals surface area contributed by atoms with Crippen LogP contribution in [-0.4, -0.2) is 5.16 Å². The third kappa shape index (κ3) is 2.91. The van der Waals surface area contributed by atoms with E-state index in [0.717, 1.165) is 5.56 Å². The van der Waals surface area contributed by atoms with Gasteiger partial charge in [0.15, 0.2) is 0 Å². The van der Waals surface area contributed by atoms with Gasteiger partial charge in [-0.25, -0.2) is 4.57 Å². The van der Waals surface area contributed by atoms with Crippen LogP contribution in [0.1, 0.15) is 40.2 Å². The highest BCUT2D eigenvalue weighted by Crippen LogP contribution is 2.62. The van der Waals surface area contributed by atoms with Gasteiger partial charge in [-0.1, -0.05) is 32.0 Å². The molecule has 0 aliphatic carbocycles. The van der Waals surface area contributed by atoms with E-state index in [-0.39, 0.29) is 0 Å². The zero-order chi connectivity index (χ0) is 13.1. The van der Waals surface area contributed by atoms with Crippen molar-refractivity contribution in [1.29, 1.82) is 0 Å². The topological polar surface area (TPSA) is 35.5 Å². The van der Waals surface area contributed by atoms with Crippen LogP contribution in [0.5, 0.6) is 5.75 Å². The Balaban J connectivity index is 0.000000686. The monoisotopic (exact) mass is 256 g/mol. The highest BCUT2D eigenvalue weighted by molar-refractivity contribution is 7.56. The zero-order valence-corrected chi connectivity index (χ0v) is 12.1. The molecule has 4 heteroatoms. The second-order valence-electron chi connectivity index (χ2n) is 4.64. The van der Waals surface area contributed by atoms with Crippen molar-refractivity contribution < 1.29 is 13.6 Å². The van der Waals surface area contributed by atoms with Crippen LogP contribution >= 0.6 is 7.60 Å². The van der Waals surface area contributed by atoms with E-state index in [9.17, 15) is 4.57 Å². The van der Waals surface area contributed by atoms with Crippen LogP contribution in [0.25, 0.3) is 0 Å². The molecular formula is C13H21O3P. The van der Waals surface area contributed by atoms with E-state index in [4.69, 9.17) is 9.05 Å². The highest BCUT2D eigenvalue weighted by Gasteiger charge is 2.43. The lowest BCUT2D eigenvalue weighted by Gasteiger charge is -2.33. The summed E-state index contributed by atoms with van der Waals surface area (Å²) in [7, 11) is -3.03. The van der Waals surface area contributed by atoms with Crippen molar-refractivity contribution in [2.24, 2.45) is 0 Å². The van der Waals surface area contributed by atoms with Crippen LogP contribution in [0.4, 0.5) is 0 Å². The number of hydrogen-bond donors (Lipinski definition) is 0. The van der Waals surface area contributed by atoms with Gasteiger partial charge < -0.3 is 4.52 Å². The smallest absolute Gasteiger partial charge is 0.384 e. The first-order valence-electron chi connectivity index (χ1n) is 5.95. The maximum absolute atomic E-state index is 12.4. The number of fused-ring (bicyclic) bond motifs is 1. The summed E-state index contributed by atoms with van der Waals surface area (Å²) in [5.74, 6) is 0.682. The van der Waals surface area contributed by atoms with Gasteiger partial charge in [0.2, 0.25) is 0 Å². The Morgan fingerprint density at radius 1 is 1.18 bits per heavy atom. The minimum Gasteiger partial charge on any atom is -0.424 e. The summed E-state index contributed by atoms with van der Waals surface area (Å²) in [6.45, 7) is 9.95. The first-order chi connectivity index (χ1) is 7.92. The van der Waals surface area contributed by atoms with Crippen LogP contribution in [0.3, 0.4) is 0 Å². The Morgan fingerprint density at radius 2 is 1.76 bits per heavy atom. The molecule has 0 radical (unpaired) electrons. The Bertz CT molecular complexity index is 421. The normalized spacial score (nSPS) is 22.9. The molecule has 0 aromatic heterocycles. The Kier molecular flexibility index (Phi) is 4.40. The van der Waals surface area contributed by atoms with Crippen LogP contribution in [-0.2, 0) is 15.7 Å². The average Bonchev–Trinajstić information content (AvgIpc) is 2.30. The molecule has 1 heterocycles. The minimum absolute atomic E-state index is 0.366. The molecule has 96 valence electrons. The summed E-state index contributed by atoms with van der Waals surface area (Å²) in [6.07, 6.45) is 0. The molecule has 0 amide bonds. The molecule has 0 bridgehead atoms. The van der Waals surface area contributed by atoms with E-state index < -0.39 is 12.8 Å². The van der Waals surface area contributed by atoms with Gasteiger partial charge in [-0.2, -0.15) is 0 Å². The summed E-state index contributed by atoms with van der Waals surface area (Å²) in [6, 6.07) is 7.54. The highest BCUT2D eigenvalue weighted by atomic mass is 31.2. The van der Waals surface area contributed by atoms with Crippen molar-refractivity contribution in [3.05, 3.63) is 29.8 Å². The number of hydrogen-bond acceptors (Lipinski definition) is 3. The molecule has 0 N–H and O–H groups in total. The summed E-state index contributed by atoms with van der Waals surface area (Å²) in [5.41, 5.74) is 0.952. The molecule has 1 atom stereocenters. The standard InChI is InChI=1S/C11H15O3P.C2H6/c1-11(2,3)15(12)13-8-9-6-4-5-7-10(9)14-15;1-2/h4-7H,8H2,1-3H3;1-2H3. The van der Waals surface area contributed by atoms with E-state index in [1.54, 1.807) is 0 Å². The fourth-order valence-electron chi connectivity index (χ4n) is 1.35. The predicted octanol–water partition coefficient (Wildman–Crippen LogP) is 4.61. The molecule has 0 spiro atoms. The lowest BCUT2D eigenvalue weighted by molar-refractivity contribution is 0.216. The molecule has 0 saturated heterocycles. The minimum atomic E-state index is -3.03. The van der Waals surface area contributed by atoms with E-state index >= 15 is 0 Å². The number of benzene rings is 1. The van der Waals surface area contributed by atoms with Crippen LogP contribution in [0, 0.1) is 0 Å². The fraction of sp³-hybridized carbons (Fsp3) is 0.538. The third-order valence-electron chi connectivity index (χ3n) is 2.40. The van der Waals surface area contributed by atoms with Gasteiger partial charge in [0.05, 0.1) is 11.8 Å². The lowest BCUT2D eigenvalue weighted by Crippen LogP contribution is -2.23. The van der Waals surface area contributed by atoms with Gasteiger partial charge in [0, 0.05) is 5.56 Å². The average molecular weight is 256 g/mol. The largest absolute Gasteiger partial charge is 0.424 e. The molecule has 0 fully saturated rings. The van der Waals surface area contributed by atoms with Gasteiger partial charge in [0.1, 0.15) is 5.75 Å². The zero-order valence-electron chi connectivity index (χ0n) is 11.2. The molecule has 1 aromatic rings. The van der Waals surface area contributed by atoms with E-state index in [2.05, 4.69) is 0 Å². The van der Waals surface area contributed by atoms with Gasteiger partial charge in [-0.3, -0.25) is 4.52 Å². The van der Waals surface area contributed by atoms with Gasteiger partial charge in [-0.15, -0.1) is 0 Å². The molecule has 0 saturated carbocycles. The lowest BCUT2D eigenvalue weighted by atomic mass is 10.2. The molecular weight excluding hydrogens is 235 g/mol. The van der Waals surface area contributed by atoms with Crippen LogP contribution in [0.2, 0.25) is 0 Å². The number of rotatable bonds is 0. The first kappa shape index (κ1) is 14.3.